The molecule has 4 nitrogen and oxygen atoms in total. The molecule has 0 bridgehead atoms. The molecule has 1 aromatic heterocycles. The van der Waals surface area contributed by atoms with Gasteiger partial charge in [0.1, 0.15) is 5.82 Å². The second-order valence-corrected chi connectivity index (χ2v) is 4.66. The van der Waals surface area contributed by atoms with Crippen molar-refractivity contribution in [3.05, 3.63) is 23.9 Å². The van der Waals surface area contributed by atoms with E-state index in [0.717, 1.165) is 24.8 Å². The maximum atomic E-state index is 11.7. The molecule has 1 fully saturated rings. The SMILES string of the molecule is Cc1ccnc(NC(=O)CC2(N)CCC2)c1. The van der Waals surface area contributed by atoms with Crippen molar-refractivity contribution in [1.82, 2.24) is 4.98 Å². The molecule has 4 heteroatoms. The first kappa shape index (κ1) is 11.1. The smallest absolute Gasteiger partial charge is 0.227 e. The molecule has 0 spiro atoms. The zero-order valence-corrected chi connectivity index (χ0v) is 9.49. The number of aromatic nitrogens is 1. The molecular formula is C12H17N3O. The molecule has 1 heterocycles. The minimum Gasteiger partial charge on any atom is -0.325 e. The number of nitrogens with zero attached hydrogens (tertiary/aromatic N) is 1. The van der Waals surface area contributed by atoms with Crippen LogP contribution in [0.25, 0.3) is 0 Å². The number of nitrogens with two attached hydrogens (primary N) is 1. The fourth-order valence-electron chi connectivity index (χ4n) is 1.92. The highest BCUT2D eigenvalue weighted by molar-refractivity contribution is 5.90. The van der Waals surface area contributed by atoms with Crippen molar-refractivity contribution in [2.75, 3.05) is 5.32 Å². The lowest BCUT2D eigenvalue weighted by atomic mass is 9.75. The molecule has 0 aliphatic heterocycles. The minimum absolute atomic E-state index is 0.0414. The first-order valence-electron chi connectivity index (χ1n) is 5.59. The quantitative estimate of drug-likeness (QED) is 0.811. The summed E-state index contributed by atoms with van der Waals surface area (Å²) < 4.78 is 0. The van der Waals surface area contributed by atoms with Crippen molar-refractivity contribution in [2.45, 2.75) is 38.1 Å². The number of hydrogen-bond acceptors (Lipinski definition) is 3. The fourth-order valence-corrected chi connectivity index (χ4v) is 1.92. The molecule has 0 atom stereocenters. The largest absolute Gasteiger partial charge is 0.325 e. The number of amides is 1. The lowest BCUT2D eigenvalue weighted by molar-refractivity contribution is -0.118. The van der Waals surface area contributed by atoms with E-state index in [9.17, 15) is 4.79 Å². The first-order valence-corrected chi connectivity index (χ1v) is 5.59. The van der Waals surface area contributed by atoms with E-state index in [1.54, 1.807) is 6.20 Å². The zero-order valence-electron chi connectivity index (χ0n) is 9.49. The van der Waals surface area contributed by atoms with Crippen LogP contribution in [-0.4, -0.2) is 16.4 Å². The van der Waals surface area contributed by atoms with Gasteiger partial charge in [-0.25, -0.2) is 4.98 Å². The summed E-state index contributed by atoms with van der Waals surface area (Å²) in [7, 11) is 0. The van der Waals surface area contributed by atoms with Gasteiger partial charge in [0.25, 0.3) is 0 Å². The van der Waals surface area contributed by atoms with Gasteiger partial charge in [0.05, 0.1) is 0 Å². The maximum absolute atomic E-state index is 11.7. The van der Waals surface area contributed by atoms with Gasteiger partial charge in [0, 0.05) is 18.2 Å². The standard InChI is InChI=1S/C12H17N3O/c1-9-3-6-14-10(7-9)15-11(16)8-12(13)4-2-5-12/h3,6-7H,2,4-5,8,13H2,1H3,(H,14,15,16). The van der Waals surface area contributed by atoms with Gasteiger partial charge < -0.3 is 11.1 Å². The molecular weight excluding hydrogens is 202 g/mol. The molecule has 1 aliphatic rings. The number of carbonyl (C=O) groups is 1. The molecule has 86 valence electrons. The van der Waals surface area contributed by atoms with E-state index in [2.05, 4.69) is 10.3 Å². The van der Waals surface area contributed by atoms with Crippen LogP contribution >= 0.6 is 0 Å². The normalized spacial score (nSPS) is 17.6. The molecule has 1 aliphatic carbocycles. The first-order chi connectivity index (χ1) is 7.57. The molecule has 3 N–H and O–H groups in total. The maximum Gasteiger partial charge on any atom is 0.227 e. The summed E-state index contributed by atoms with van der Waals surface area (Å²) in [4.78, 5) is 15.8. The molecule has 1 aromatic rings. The molecule has 0 saturated heterocycles. The summed E-state index contributed by atoms with van der Waals surface area (Å²) in [6.45, 7) is 1.97. The van der Waals surface area contributed by atoms with Crippen LogP contribution in [-0.2, 0) is 4.79 Å². The Labute approximate surface area is 95.3 Å². The Morgan fingerprint density at radius 1 is 1.62 bits per heavy atom. The molecule has 1 saturated carbocycles. The lowest BCUT2D eigenvalue weighted by Gasteiger charge is -2.37. The molecule has 0 radical (unpaired) electrons. The van der Waals surface area contributed by atoms with Crippen molar-refractivity contribution in [2.24, 2.45) is 5.73 Å². The second kappa shape index (κ2) is 4.22. The van der Waals surface area contributed by atoms with Crippen LogP contribution in [0.1, 0.15) is 31.2 Å². The van der Waals surface area contributed by atoms with Crippen molar-refractivity contribution < 1.29 is 4.79 Å². The number of pyridine rings is 1. The third-order valence-electron chi connectivity index (χ3n) is 3.04. The van der Waals surface area contributed by atoms with E-state index in [1.807, 2.05) is 19.1 Å². The summed E-state index contributed by atoms with van der Waals surface area (Å²) in [6, 6.07) is 3.74. The van der Waals surface area contributed by atoms with Crippen molar-refractivity contribution in [1.29, 1.82) is 0 Å². The highest BCUT2D eigenvalue weighted by Crippen LogP contribution is 2.32. The van der Waals surface area contributed by atoms with E-state index in [0.29, 0.717) is 12.2 Å². The van der Waals surface area contributed by atoms with E-state index >= 15 is 0 Å². The Morgan fingerprint density at radius 3 is 2.94 bits per heavy atom. The Hall–Kier alpha value is -1.42. The topological polar surface area (TPSA) is 68.0 Å². The van der Waals surface area contributed by atoms with Gasteiger partial charge in [-0.1, -0.05) is 0 Å². The van der Waals surface area contributed by atoms with Crippen LogP contribution in [0.2, 0.25) is 0 Å². The number of rotatable bonds is 3. The van der Waals surface area contributed by atoms with Crippen LogP contribution in [0.5, 0.6) is 0 Å². The third kappa shape index (κ3) is 2.58. The molecule has 0 unspecified atom stereocenters. The van der Waals surface area contributed by atoms with E-state index in [1.165, 1.54) is 0 Å². The summed E-state index contributed by atoms with van der Waals surface area (Å²) in [6.07, 6.45) is 5.10. The Bertz CT molecular complexity index is 399. The highest BCUT2D eigenvalue weighted by Gasteiger charge is 2.34. The van der Waals surface area contributed by atoms with E-state index in [4.69, 9.17) is 5.73 Å². The van der Waals surface area contributed by atoms with E-state index < -0.39 is 0 Å². The van der Waals surface area contributed by atoms with Crippen LogP contribution in [0, 0.1) is 6.92 Å². The number of carbonyl (C=O) groups excluding carboxylic acids is 1. The molecule has 0 aromatic carbocycles. The van der Waals surface area contributed by atoms with Gasteiger partial charge in [0.15, 0.2) is 0 Å². The summed E-state index contributed by atoms with van der Waals surface area (Å²) in [5.74, 6) is 0.563. The lowest BCUT2D eigenvalue weighted by Crippen LogP contribution is -2.48. The van der Waals surface area contributed by atoms with Crippen LogP contribution < -0.4 is 11.1 Å². The third-order valence-corrected chi connectivity index (χ3v) is 3.04. The fraction of sp³-hybridized carbons (Fsp3) is 0.500. The van der Waals surface area contributed by atoms with Gasteiger partial charge in [-0.15, -0.1) is 0 Å². The summed E-state index contributed by atoms with van der Waals surface area (Å²) in [5.41, 5.74) is 6.82. The minimum atomic E-state index is -0.270. The van der Waals surface area contributed by atoms with Gasteiger partial charge >= 0.3 is 0 Å². The second-order valence-electron chi connectivity index (χ2n) is 4.66. The average Bonchev–Trinajstić information content (AvgIpc) is 2.15. The number of anilines is 1. The predicted molar refractivity (Wildman–Crippen MR) is 63.0 cm³/mol. The predicted octanol–water partition coefficient (Wildman–Crippen LogP) is 1.60. The Balaban J connectivity index is 1.92. The van der Waals surface area contributed by atoms with Crippen LogP contribution in [0.4, 0.5) is 5.82 Å². The van der Waals surface area contributed by atoms with Gasteiger partial charge in [0.2, 0.25) is 5.91 Å². The summed E-state index contributed by atoms with van der Waals surface area (Å²) in [5, 5.41) is 2.78. The van der Waals surface area contributed by atoms with Gasteiger partial charge in [-0.3, -0.25) is 4.79 Å². The van der Waals surface area contributed by atoms with Crippen molar-refractivity contribution in [3.8, 4) is 0 Å². The Kier molecular flexibility index (Phi) is 2.92. The number of hydrogen-bond donors (Lipinski definition) is 2. The number of aryl methyl sites for hydroxylation is 1. The highest BCUT2D eigenvalue weighted by atomic mass is 16.1. The van der Waals surface area contributed by atoms with Crippen molar-refractivity contribution >= 4 is 11.7 Å². The van der Waals surface area contributed by atoms with Gasteiger partial charge in [-0.05, 0) is 43.9 Å². The number of nitrogens with one attached hydrogen (secondary N) is 1. The Morgan fingerprint density at radius 2 is 2.38 bits per heavy atom. The average molecular weight is 219 g/mol. The van der Waals surface area contributed by atoms with Crippen LogP contribution in [0.3, 0.4) is 0 Å². The molecule has 16 heavy (non-hydrogen) atoms. The molecule has 2 rings (SSSR count). The van der Waals surface area contributed by atoms with E-state index in [-0.39, 0.29) is 11.4 Å². The molecule has 1 amide bonds. The van der Waals surface area contributed by atoms with Crippen LogP contribution in [0.15, 0.2) is 18.3 Å². The van der Waals surface area contributed by atoms with Crippen molar-refractivity contribution in [3.63, 3.8) is 0 Å². The zero-order chi connectivity index (χ0) is 11.6. The van der Waals surface area contributed by atoms with Gasteiger partial charge in [-0.2, -0.15) is 0 Å². The monoisotopic (exact) mass is 219 g/mol. The summed E-state index contributed by atoms with van der Waals surface area (Å²) >= 11 is 0.